The molecule has 7 aromatic rings. The van der Waals surface area contributed by atoms with E-state index in [1.54, 1.807) is 41.3 Å². The fourth-order valence-corrected chi connectivity index (χ4v) is 10.4. The Morgan fingerprint density at radius 1 is 0.500 bits per heavy atom. The normalized spacial score (nSPS) is 14.4. The van der Waals surface area contributed by atoms with Crippen LogP contribution in [-0.2, 0) is 4.74 Å². The van der Waals surface area contributed by atoms with Gasteiger partial charge in [0.15, 0.2) is 5.78 Å². The molecule has 2 heterocycles. The van der Waals surface area contributed by atoms with E-state index in [1.807, 2.05) is 48.5 Å². The van der Waals surface area contributed by atoms with E-state index in [9.17, 15) is 28.8 Å². The summed E-state index contributed by atoms with van der Waals surface area (Å²) in [6.07, 6.45) is 10.2. The number of carbonyl (C=O) groups is 6. The summed E-state index contributed by atoms with van der Waals surface area (Å²) >= 11 is 0. The zero-order valence-electron chi connectivity index (χ0n) is 35.0. The Balaban J connectivity index is 0.942. The van der Waals surface area contributed by atoms with Crippen LogP contribution < -0.4 is 0 Å². The van der Waals surface area contributed by atoms with Crippen LogP contribution in [-0.4, -0.2) is 64.4 Å². The first-order chi connectivity index (χ1) is 30.2. The minimum absolute atomic E-state index is 0.153. The molecule has 7 aromatic carbocycles. The van der Waals surface area contributed by atoms with E-state index in [0.29, 0.717) is 44.2 Å². The van der Waals surface area contributed by atoms with Crippen LogP contribution in [0.15, 0.2) is 91.0 Å². The molecule has 0 radical (unpaired) electrons. The second-order valence-corrected chi connectivity index (χ2v) is 17.0. The lowest BCUT2D eigenvalue weighted by Gasteiger charge is -2.35. The highest BCUT2D eigenvalue weighted by Crippen LogP contribution is 2.47. The molecule has 310 valence electrons. The number of unbranched alkanes of at least 4 members (excludes halogenated alkanes) is 6. The molecule has 0 saturated carbocycles. The highest BCUT2D eigenvalue weighted by molar-refractivity contribution is 6.41. The number of carbonyl (C=O) groups excluding carboxylic acids is 6. The number of amides is 4. The second kappa shape index (κ2) is 15.6. The van der Waals surface area contributed by atoms with Gasteiger partial charge in [-0.25, -0.2) is 4.79 Å². The maximum atomic E-state index is 14.5. The molecule has 0 fully saturated rings. The van der Waals surface area contributed by atoms with Crippen molar-refractivity contribution >= 4 is 78.5 Å². The lowest BCUT2D eigenvalue weighted by Crippen LogP contribution is -2.47. The highest BCUT2D eigenvalue weighted by Gasteiger charge is 2.39. The van der Waals surface area contributed by atoms with E-state index < -0.39 is 17.8 Å². The van der Waals surface area contributed by atoms with Gasteiger partial charge in [0.25, 0.3) is 23.6 Å². The standard InChI is InChI=1S/C53H46N2O7/c1-3-5-7-9-13-31(14-10-8-6-4-2)55-51(59)41-25-21-36-34-19-23-39-46-40(24-20-35(44(34)46)37-22-26-42(52(55)60)47(41)45(36)37)50(58)54(49(39)57)27-28-62-53(61)30-17-18-33-32-15-11-12-16-38(32)48(56)43(33)29-30/h11-12,15-26,29,31H,3-10,13-14,27-28H2,1-2H3. The first-order valence-corrected chi connectivity index (χ1v) is 22.1. The van der Waals surface area contributed by atoms with Crippen LogP contribution >= 0.6 is 0 Å². The molecule has 10 rings (SSSR count). The molecule has 2 aliphatic heterocycles. The average Bonchev–Trinajstić information content (AvgIpc) is 3.58. The van der Waals surface area contributed by atoms with Crippen molar-refractivity contribution in [1.82, 2.24) is 9.80 Å². The van der Waals surface area contributed by atoms with E-state index in [-0.39, 0.29) is 42.4 Å². The lowest BCUT2D eigenvalue weighted by molar-refractivity contribution is 0.0405. The van der Waals surface area contributed by atoms with Gasteiger partial charge in [0.2, 0.25) is 0 Å². The third-order valence-electron chi connectivity index (χ3n) is 13.4. The number of fused-ring (bicyclic) bond motifs is 5. The number of ether oxygens (including phenoxy) is 1. The number of ketones is 1. The molecule has 62 heavy (non-hydrogen) atoms. The van der Waals surface area contributed by atoms with Crippen LogP contribution in [0.25, 0.3) is 54.2 Å². The summed E-state index contributed by atoms with van der Waals surface area (Å²) in [6, 6.07) is 26.9. The SMILES string of the molecule is CCCCCCC(CCCCCC)N1C(=O)c2ccc3c4ccc5c6c(ccc(c7ccc(c2c37)C1=O)c64)C(=O)N(CCOC(=O)c1ccc2c(c1)C(=O)c1ccccc1-2)C5=O. The molecule has 0 aromatic heterocycles. The first kappa shape index (κ1) is 39.4. The Hall–Kier alpha value is -6.74. The predicted octanol–water partition coefficient (Wildman–Crippen LogP) is 11.3. The van der Waals surface area contributed by atoms with Gasteiger partial charge in [-0.1, -0.05) is 120 Å². The molecule has 0 bridgehead atoms. The fraction of sp³-hybridized carbons (Fsp3) is 0.283. The van der Waals surface area contributed by atoms with Gasteiger partial charge in [0, 0.05) is 50.2 Å². The lowest BCUT2D eigenvalue weighted by atomic mass is 9.82. The molecule has 0 N–H and O–H groups in total. The van der Waals surface area contributed by atoms with Crippen LogP contribution in [0.3, 0.4) is 0 Å². The van der Waals surface area contributed by atoms with E-state index in [0.717, 1.165) is 113 Å². The molecule has 4 amide bonds. The van der Waals surface area contributed by atoms with Crippen LogP contribution in [0.1, 0.15) is 146 Å². The van der Waals surface area contributed by atoms with Crippen molar-refractivity contribution in [3.05, 3.63) is 130 Å². The van der Waals surface area contributed by atoms with Crippen LogP contribution in [0.5, 0.6) is 0 Å². The summed E-state index contributed by atoms with van der Waals surface area (Å²) in [5.41, 5.74) is 4.59. The Morgan fingerprint density at radius 2 is 0.968 bits per heavy atom. The number of benzene rings is 7. The van der Waals surface area contributed by atoms with Crippen molar-refractivity contribution in [2.45, 2.75) is 84.1 Å². The largest absolute Gasteiger partial charge is 0.460 e. The van der Waals surface area contributed by atoms with Gasteiger partial charge in [-0.15, -0.1) is 0 Å². The summed E-state index contributed by atoms with van der Waals surface area (Å²) in [5, 5.41) is 6.13. The topological polar surface area (TPSA) is 118 Å². The van der Waals surface area contributed by atoms with Crippen LogP contribution in [0, 0.1) is 0 Å². The molecule has 0 atom stereocenters. The zero-order chi connectivity index (χ0) is 42.8. The minimum atomic E-state index is -0.660. The Labute approximate surface area is 358 Å². The number of esters is 1. The van der Waals surface area contributed by atoms with Crippen molar-refractivity contribution in [3.8, 4) is 11.1 Å². The monoisotopic (exact) mass is 822 g/mol. The van der Waals surface area contributed by atoms with E-state index in [1.165, 1.54) is 6.07 Å². The van der Waals surface area contributed by atoms with Crippen molar-refractivity contribution in [2.75, 3.05) is 13.2 Å². The molecule has 3 aliphatic rings. The van der Waals surface area contributed by atoms with Crippen LogP contribution in [0.4, 0.5) is 0 Å². The van der Waals surface area contributed by atoms with Crippen molar-refractivity contribution in [2.24, 2.45) is 0 Å². The average molecular weight is 823 g/mol. The highest BCUT2D eigenvalue weighted by atomic mass is 16.5. The van der Waals surface area contributed by atoms with Crippen molar-refractivity contribution in [3.63, 3.8) is 0 Å². The zero-order valence-corrected chi connectivity index (χ0v) is 35.0. The Kier molecular flexibility index (Phi) is 9.93. The number of nitrogens with zero attached hydrogens (tertiary/aromatic N) is 2. The molecule has 9 nitrogen and oxygen atoms in total. The number of imide groups is 2. The molecule has 9 heteroatoms. The van der Waals surface area contributed by atoms with Crippen LogP contribution in [0.2, 0.25) is 0 Å². The summed E-state index contributed by atoms with van der Waals surface area (Å²) < 4.78 is 5.57. The van der Waals surface area contributed by atoms with Crippen molar-refractivity contribution < 1.29 is 33.5 Å². The second-order valence-electron chi connectivity index (χ2n) is 17.0. The summed E-state index contributed by atoms with van der Waals surface area (Å²) in [4.78, 5) is 86.1. The van der Waals surface area contributed by atoms with Gasteiger partial charge < -0.3 is 4.74 Å². The molecule has 1 aliphatic carbocycles. The van der Waals surface area contributed by atoms with E-state index in [2.05, 4.69) is 13.8 Å². The summed E-state index contributed by atoms with van der Waals surface area (Å²) in [6.45, 7) is 3.97. The third kappa shape index (κ3) is 6.03. The van der Waals surface area contributed by atoms with E-state index >= 15 is 0 Å². The molecule has 0 saturated heterocycles. The smallest absolute Gasteiger partial charge is 0.338 e. The van der Waals surface area contributed by atoms with Gasteiger partial charge in [0.1, 0.15) is 6.61 Å². The first-order valence-electron chi connectivity index (χ1n) is 22.1. The van der Waals surface area contributed by atoms with E-state index in [4.69, 9.17) is 4.74 Å². The maximum absolute atomic E-state index is 14.5. The van der Waals surface area contributed by atoms with Gasteiger partial charge in [-0.2, -0.15) is 0 Å². The Morgan fingerprint density at radius 3 is 1.48 bits per heavy atom. The molecule has 0 unspecified atom stereocenters. The molecule has 0 spiro atoms. The Bertz CT molecular complexity index is 2940. The van der Waals surface area contributed by atoms with Crippen molar-refractivity contribution in [1.29, 1.82) is 0 Å². The number of hydrogen-bond donors (Lipinski definition) is 0. The minimum Gasteiger partial charge on any atom is -0.460 e. The fourth-order valence-electron chi connectivity index (χ4n) is 10.4. The van der Waals surface area contributed by atoms with Gasteiger partial charge >= 0.3 is 5.97 Å². The molecular formula is C53H46N2O7. The number of hydrogen-bond acceptors (Lipinski definition) is 7. The summed E-state index contributed by atoms with van der Waals surface area (Å²) in [7, 11) is 0. The number of rotatable bonds is 15. The van der Waals surface area contributed by atoms with Gasteiger partial charge in [0.05, 0.1) is 12.1 Å². The third-order valence-corrected chi connectivity index (χ3v) is 13.4. The van der Waals surface area contributed by atoms with Gasteiger partial charge in [-0.05, 0) is 92.7 Å². The summed E-state index contributed by atoms with van der Waals surface area (Å²) in [5.74, 6) is -2.28. The maximum Gasteiger partial charge on any atom is 0.338 e. The predicted molar refractivity (Wildman–Crippen MR) is 240 cm³/mol. The van der Waals surface area contributed by atoms with Gasteiger partial charge in [-0.3, -0.25) is 33.8 Å². The molecular weight excluding hydrogens is 777 g/mol. The quantitative estimate of drug-likeness (QED) is 0.0332.